The Morgan fingerprint density at radius 3 is 2.68 bits per heavy atom. The van der Waals surface area contributed by atoms with E-state index < -0.39 is 39.8 Å². The van der Waals surface area contributed by atoms with Crippen LogP contribution in [-0.4, -0.2) is 28.6 Å². The van der Waals surface area contributed by atoms with Crippen LogP contribution >= 0.6 is 0 Å². The molecule has 0 aliphatic carbocycles. The minimum absolute atomic E-state index is 0.154. The van der Waals surface area contributed by atoms with Crippen LogP contribution < -0.4 is 5.32 Å². The molecule has 0 heterocycles. The first-order valence-electron chi connectivity index (χ1n) is 5.46. The molecule has 1 unspecified atom stereocenters. The molecule has 1 amide bonds. The molecule has 0 aromatic heterocycles. The maximum absolute atomic E-state index is 13.6. The molecule has 2 N–H and O–H groups in total. The predicted octanol–water partition coefficient (Wildman–Crippen LogP) is 1.37. The number of nitro groups is 1. The minimum atomic E-state index is -1.41. The third-order valence-corrected chi connectivity index (χ3v) is 2.43. The van der Waals surface area contributed by atoms with E-state index in [9.17, 15) is 28.8 Å². The summed E-state index contributed by atoms with van der Waals surface area (Å²) in [5.74, 6) is -3.52. The number of carbonyl (C=O) groups is 1. The lowest BCUT2D eigenvalue weighted by molar-refractivity contribution is -0.387. The number of hydrogen-bond donors (Lipinski definition) is 2. The summed E-state index contributed by atoms with van der Waals surface area (Å²) in [4.78, 5) is 20.9. The fourth-order valence-electron chi connectivity index (χ4n) is 1.32. The number of aliphatic hydroxyl groups is 1. The fraction of sp³-hybridized carbons (Fsp3) is 0.364. The van der Waals surface area contributed by atoms with Crippen molar-refractivity contribution in [3.63, 3.8) is 0 Å². The number of hydrogen-bond acceptors (Lipinski definition) is 4. The van der Waals surface area contributed by atoms with Gasteiger partial charge in [-0.3, -0.25) is 14.9 Å². The Hall–Kier alpha value is -2.09. The van der Waals surface area contributed by atoms with E-state index in [0.29, 0.717) is 18.6 Å². The Balaban J connectivity index is 3.00. The lowest BCUT2D eigenvalue weighted by Crippen LogP contribution is -2.32. The highest BCUT2D eigenvalue weighted by molar-refractivity contribution is 5.95. The number of nitrogens with zero attached hydrogens (tertiary/aromatic N) is 1. The molecule has 0 radical (unpaired) electrons. The van der Waals surface area contributed by atoms with Crippen LogP contribution in [0.25, 0.3) is 0 Å². The molecule has 1 atom stereocenters. The summed E-state index contributed by atoms with van der Waals surface area (Å²) in [5, 5.41) is 21.9. The molecular weight excluding hydrogens is 262 g/mol. The Morgan fingerprint density at radius 2 is 2.16 bits per heavy atom. The zero-order valence-corrected chi connectivity index (χ0v) is 10.0. The number of rotatable bonds is 5. The molecule has 0 aliphatic heterocycles. The van der Waals surface area contributed by atoms with Crippen LogP contribution in [0.5, 0.6) is 0 Å². The van der Waals surface area contributed by atoms with Gasteiger partial charge < -0.3 is 10.4 Å². The molecule has 1 aromatic carbocycles. The first-order chi connectivity index (χ1) is 8.86. The van der Waals surface area contributed by atoms with Gasteiger partial charge in [-0.25, -0.2) is 4.39 Å². The monoisotopic (exact) mass is 274 g/mol. The standard InChI is InChI=1S/C11H12F2N2O4/c1-2-7(16)5-14-11(17)8-3-6(12)4-9(10(8)13)15(18)19/h3-4,7,16H,2,5H2,1H3,(H,14,17). The molecule has 6 nitrogen and oxygen atoms in total. The van der Waals surface area contributed by atoms with Crippen molar-refractivity contribution < 1.29 is 23.6 Å². The van der Waals surface area contributed by atoms with Crippen LogP contribution in [0.3, 0.4) is 0 Å². The summed E-state index contributed by atoms with van der Waals surface area (Å²) in [6, 6.07) is 0.961. The zero-order chi connectivity index (χ0) is 14.6. The van der Waals surface area contributed by atoms with Crippen molar-refractivity contribution in [2.45, 2.75) is 19.4 Å². The minimum Gasteiger partial charge on any atom is -0.391 e. The topological polar surface area (TPSA) is 92.5 Å². The summed E-state index contributed by atoms with van der Waals surface area (Å²) in [5.41, 5.74) is -1.88. The van der Waals surface area contributed by atoms with Gasteiger partial charge in [0.15, 0.2) is 0 Å². The summed E-state index contributed by atoms with van der Waals surface area (Å²) in [7, 11) is 0. The number of carbonyl (C=O) groups excluding carboxylic acids is 1. The summed E-state index contributed by atoms with van der Waals surface area (Å²) in [6.45, 7) is 1.52. The van der Waals surface area contributed by atoms with Crippen LogP contribution in [0.1, 0.15) is 23.7 Å². The second-order valence-electron chi connectivity index (χ2n) is 3.82. The molecule has 1 aromatic rings. The van der Waals surface area contributed by atoms with Gasteiger partial charge in [-0.1, -0.05) is 6.92 Å². The lowest BCUT2D eigenvalue weighted by Gasteiger charge is -2.10. The van der Waals surface area contributed by atoms with Gasteiger partial charge in [0.2, 0.25) is 5.82 Å². The first-order valence-corrected chi connectivity index (χ1v) is 5.46. The van der Waals surface area contributed by atoms with E-state index in [1.54, 1.807) is 6.92 Å². The summed E-state index contributed by atoms with van der Waals surface area (Å²) >= 11 is 0. The van der Waals surface area contributed by atoms with Crippen molar-refractivity contribution in [1.29, 1.82) is 0 Å². The number of amides is 1. The van der Waals surface area contributed by atoms with Crippen LogP contribution in [-0.2, 0) is 0 Å². The van der Waals surface area contributed by atoms with Crippen molar-refractivity contribution in [3.8, 4) is 0 Å². The molecule has 8 heteroatoms. The van der Waals surface area contributed by atoms with Crippen LogP contribution in [0.2, 0.25) is 0 Å². The van der Waals surface area contributed by atoms with E-state index in [0.717, 1.165) is 0 Å². The molecule has 1 rings (SSSR count). The number of halogens is 2. The van der Waals surface area contributed by atoms with E-state index >= 15 is 0 Å². The van der Waals surface area contributed by atoms with E-state index in [1.165, 1.54) is 0 Å². The maximum Gasteiger partial charge on any atom is 0.308 e. The van der Waals surface area contributed by atoms with Gasteiger partial charge in [0.25, 0.3) is 5.91 Å². The smallest absolute Gasteiger partial charge is 0.308 e. The molecule has 0 bridgehead atoms. The van der Waals surface area contributed by atoms with Gasteiger partial charge in [-0.2, -0.15) is 4.39 Å². The van der Waals surface area contributed by atoms with Crippen LogP contribution in [0.4, 0.5) is 14.5 Å². The van der Waals surface area contributed by atoms with Crippen LogP contribution in [0.15, 0.2) is 12.1 Å². The number of nitrogens with one attached hydrogen (secondary N) is 1. The normalized spacial score (nSPS) is 12.0. The SMILES string of the molecule is CCC(O)CNC(=O)c1cc(F)cc([N+](=O)[O-])c1F. The second kappa shape index (κ2) is 6.19. The Kier molecular flexibility index (Phi) is 4.87. The molecule has 19 heavy (non-hydrogen) atoms. The molecule has 0 saturated carbocycles. The van der Waals surface area contributed by atoms with Gasteiger partial charge in [0, 0.05) is 6.54 Å². The van der Waals surface area contributed by atoms with E-state index in [4.69, 9.17) is 0 Å². The molecular formula is C11H12F2N2O4. The van der Waals surface area contributed by atoms with Gasteiger partial charge in [0.05, 0.1) is 22.7 Å². The van der Waals surface area contributed by atoms with E-state index in [2.05, 4.69) is 5.32 Å². The fourth-order valence-corrected chi connectivity index (χ4v) is 1.32. The molecule has 104 valence electrons. The van der Waals surface area contributed by atoms with E-state index in [1.807, 2.05) is 0 Å². The summed E-state index contributed by atoms with van der Waals surface area (Å²) in [6.07, 6.45) is -0.456. The van der Waals surface area contributed by atoms with Gasteiger partial charge in [-0.05, 0) is 12.5 Å². The Labute approximate surface area is 107 Å². The third kappa shape index (κ3) is 3.68. The number of aliphatic hydroxyl groups excluding tert-OH is 1. The second-order valence-corrected chi connectivity index (χ2v) is 3.82. The Bertz CT molecular complexity index is 508. The molecule has 0 aliphatic rings. The predicted molar refractivity (Wildman–Crippen MR) is 61.6 cm³/mol. The highest BCUT2D eigenvalue weighted by atomic mass is 19.1. The quantitative estimate of drug-likeness (QED) is 0.626. The van der Waals surface area contributed by atoms with Gasteiger partial charge >= 0.3 is 5.69 Å². The van der Waals surface area contributed by atoms with Gasteiger partial charge in [-0.15, -0.1) is 0 Å². The van der Waals surface area contributed by atoms with Crippen molar-refractivity contribution in [2.75, 3.05) is 6.54 Å². The number of nitro benzene ring substituents is 1. The number of benzene rings is 1. The van der Waals surface area contributed by atoms with Crippen LogP contribution in [0, 0.1) is 21.7 Å². The third-order valence-electron chi connectivity index (χ3n) is 2.43. The van der Waals surface area contributed by atoms with Crippen molar-refractivity contribution in [1.82, 2.24) is 5.32 Å². The Morgan fingerprint density at radius 1 is 1.53 bits per heavy atom. The van der Waals surface area contributed by atoms with Crippen molar-refractivity contribution in [2.24, 2.45) is 0 Å². The zero-order valence-electron chi connectivity index (χ0n) is 10.0. The first kappa shape index (κ1) is 15.0. The van der Waals surface area contributed by atoms with Crippen molar-refractivity contribution >= 4 is 11.6 Å². The average Bonchev–Trinajstić information content (AvgIpc) is 2.37. The average molecular weight is 274 g/mol. The molecule has 0 fully saturated rings. The highest BCUT2D eigenvalue weighted by Gasteiger charge is 2.24. The maximum atomic E-state index is 13.6. The molecule has 0 spiro atoms. The molecule has 0 saturated heterocycles. The highest BCUT2D eigenvalue weighted by Crippen LogP contribution is 2.22. The lowest BCUT2D eigenvalue weighted by atomic mass is 10.1. The van der Waals surface area contributed by atoms with Crippen molar-refractivity contribution in [3.05, 3.63) is 39.4 Å². The van der Waals surface area contributed by atoms with Gasteiger partial charge in [0.1, 0.15) is 5.82 Å². The summed E-state index contributed by atoms with van der Waals surface area (Å²) < 4.78 is 26.7. The largest absolute Gasteiger partial charge is 0.391 e. The van der Waals surface area contributed by atoms with E-state index in [-0.39, 0.29) is 6.54 Å².